The van der Waals surface area contributed by atoms with E-state index in [4.69, 9.17) is 5.10 Å². The Kier molecular flexibility index (Phi) is 8.68. The lowest BCUT2D eigenvalue weighted by atomic mass is 10.1. The number of aryl methyl sites for hydroxylation is 1. The monoisotopic (exact) mass is 772 g/mol. The summed E-state index contributed by atoms with van der Waals surface area (Å²) in [5.74, 6) is 0.509. The van der Waals surface area contributed by atoms with Crippen molar-refractivity contribution in [3.63, 3.8) is 0 Å². The van der Waals surface area contributed by atoms with Crippen molar-refractivity contribution < 1.29 is 14.4 Å². The van der Waals surface area contributed by atoms with E-state index in [-0.39, 0.29) is 30.0 Å². The highest BCUT2D eigenvalue weighted by atomic mass is 16.2. The molecule has 16 nitrogen and oxygen atoms in total. The molecule has 0 radical (unpaired) electrons. The summed E-state index contributed by atoms with van der Waals surface area (Å²) in [6, 6.07) is 14.2. The smallest absolute Gasteiger partial charge is 0.329 e. The number of hydrogen-bond donors (Lipinski definition) is 3. The van der Waals surface area contributed by atoms with Crippen molar-refractivity contribution in [1.29, 1.82) is 0 Å². The molecule has 296 valence electrons. The summed E-state index contributed by atoms with van der Waals surface area (Å²) in [6.07, 6.45) is 6.26. The Balaban J connectivity index is 0.792. The van der Waals surface area contributed by atoms with Gasteiger partial charge in [-0.05, 0) is 68.4 Å². The third-order valence-electron chi connectivity index (χ3n) is 12.6. The van der Waals surface area contributed by atoms with E-state index in [0.29, 0.717) is 29.2 Å². The normalized spacial score (nSPS) is 21.5. The number of imidazole rings is 2. The zero-order chi connectivity index (χ0) is 38.9. The summed E-state index contributed by atoms with van der Waals surface area (Å²) in [6.45, 7) is 7.64. The molecule has 5 aromatic rings. The van der Waals surface area contributed by atoms with Gasteiger partial charge in [0.15, 0.2) is 17.2 Å². The summed E-state index contributed by atoms with van der Waals surface area (Å²) < 4.78 is 4.82. The molecule has 3 N–H and O–H groups in total. The predicted molar refractivity (Wildman–Crippen MR) is 218 cm³/mol. The Morgan fingerprint density at radius 2 is 1.72 bits per heavy atom. The molecular weight excluding hydrogens is 725 g/mol. The molecule has 3 aromatic heterocycles. The van der Waals surface area contributed by atoms with E-state index >= 15 is 0 Å². The Labute approximate surface area is 329 Å². The number of hydrogen-bond acceptors (Lipinski definition) is 11. The van der Waals surface area contributed by atoms with Gasteiger partial charge in [0.05, 0.1) is 22.9 Å². The number of imide groups is 1. The molecule has 4 aliphatic heterocycles. The molecule has 57 heavy (non-hydrogen) atoms. The third-order valence-corrected chi connectivity index (χ3v) is 12.6. The number of nitrogens with zero attached hydrogens (tertiary/aromatic N) is 9. The van der Waals surface area contributed by atoms with Crippen LogP contribution in [0.25, 0.3) is 16.7 Å². The standard InChI is InChI=1S/C41H48N12O4/c1-42-29-21-36(46-53-35(22-43-38(29)53)40(56)44-26-6-7-26)51-15-13-28-30(4-3-5-31(28)51)50-14-12-25(24-50)23-48-16-18-49(19-17-48)27-8-9-32-34(20-27)47(2)41(57)52(32)33-10-11-37(54)45-39(33)55/h3-5,8-9,20-22,25-26,33,42H,6-7,10-19,23-24H2,1-2H3,(H,44,56)(H,45,54,55)/t25-,33?/m1/s1. The van der Waals surface area contributed by atoms with E-state index < -0.39 is 11.9 Å². The van der Waals surface area contributed by atoms with Crippen molar-refractivity contribution in [2.24, 2.45) is 13.0 Å². The molecule has 3 saturated heterocycles. The first-order valence-corrected chi connectivity index (χ1v) is 20.3. The van der Waals surface area contributed by atoms with Gasteiger partial charge in [-0.2, -0.15) is 0 Å². The van der Waals surface area contributed by atoms with Gasteiger partial charge in [-0.15, -0.1) is 5.10 Å². The molecular formula is C41H48N12O4. The maximum Gasteiger partial charge on any atom is 0.329 e. The number of carbonyl (C=O) groups is 3. The molecule has 5 aliphatic rings. The topological polar surface area (TPSA) is 157 Å². The first-order chi connectivity index (χ1) is 27.7. The second-order valence-electron chi connectivity index (χ2n) is 16.2. The summed E-state index contributed by atoms with van der Waals surface area (Å²) >= 11 is 0. The highest BCUT2D eigenvalue weighted by Crippen LogP contribution is 2.41. The molecule has 7 heterocycles. The Morgan fingerprint density at radius 1 is 0.895 bits per heavy atom. The number of carbonyl (C=O) groups excluding carboxylic acids is 3. The van der Waals surface area contributed by atoms with Crippen molar-refractivity contribution in [3.05, 3.63) is 70.4 Å². The predicted octanol–water partition coefficient (Wildman–Crippen LogP) is 2.64. The lowest BCUT2D eigenvalue weighted by molar-refractivity contribution is -0.135. The number of piperidine rings is 1. The van der Waals surface area contributed by atoms with Crippen LogP contribution >= 0.6 is 0 Å². The highest BCUT2D eigenvalue weighted by Gasteiger charge is 2.34. The molecule has 10 rings (SSSR count). The van der Waals surface area contributed by atoms with E-state index in [2.05, 4.69) is 64.8 Å². The van der Waals surface area contributed by atoms with Crippen LogP contribution in [0.2, 0.25) is 0 Å². The van der Waals surface area contributed by atoms with Crippen LogP contribution in [0.4, 0.5) is 28.6 Å². The van der Waals surface area contributed by atoms with Crippen LogP contribution in [0.15, 0.2) is 53.5 Å². The van der Waals surface area contributed by atoms with E-state index in [1.165, 1.54) is 15.8 Å². The van der Waals surface area contributed by atoms with Crippen LogP contribution < -0.4 is 36.3 Å². The van der Waals surface area contributed by atoms with E-state index in [0.717, 1.165) is 106 Å². The maximum atomic E-state index is 13.3. The zero-order valence-corrected chi connectivity index (χ0v) is 32.4. The van der Waals surface area contributed by atoms with Gasteiger partial charge >= 0.3 is 5.69 Å². The van der Waals surface area contributed by atoms with Gasteiger partial charge in [0.1, 0.15) is 6.04 Å². The van der Waals surface area contributed by atoms with Crippen molar-refractivity contribution >= 4 is 63.0 Å². The van der Waals surface area contributed by atoms with Gasteiger partial charge in [0.2, 0.25) is 11.8 Å². The van der Waals surface area contributed by atoms with Gasteiger partial charge in [-0.25, -0.2) is 14.3 Å². The van der Waals surface area contributed by atoms with Crippen LogP contribution in [0.1, 0.15) is 54.2 Å². The molecule has 0 bridgehead atoms. The fraction of sp³-hybridized carbons (Fsp3) is 0.463. The maximum absolute atomic E-state index is 13.3. The number of piperazine rings is 1. The first-order valence-electron chi connectivity index (χ1n) is 20.3. The lowest BCUT2D eigenvalue weighted by Crippen LogP contribution is -2.48. The third kappa shape index (κ3) is 6.26. The van der Waals surface area contributed by atoms with Gasteiger partial charge in [0, 0.05) is 108 Å². The second kappa shape index (κ2) is 13.9. The van der Waals surface area contributed by atoms with Crippen LogP contribution in [-0.2, 0) is 23.1 Å². The number of nitrogens with one attached hydrogen (secondary N) is 3. The molecule has 16 heteroatoms. The fourth-order valence-electron chi connectivity index (χ4n) is 9.40. The SMILES string of the molecule is CNc1cc(N2CCc3c(N4CC[C@H](CN5CCN(c6ccc7c(c6)n(C)c(=O)n7C6CCC(=O)NC6=O)CC5)C4)cccc32)nn2c(C(=O)NC3CC3)cnc12. The number of amides is 3. The minimum atomic E-state index is -0.688. The number of aromatic nitrogens is 5. The van der Waals surface area contributed by atoms with Crippen molar-refractivity contribution in [1.82, 2.24) is 39.3 Å². The largest absolute Gasteiger partial charge is 0.385 e. The first kappa shape index (κ1) is 35.5. The van der Waals surface area contributed by atoms with E-state index in [1.54, 1.807) is 22.3 Å². The minimum Gasteiger partial charge on any atom is -0.385 e. The molecule has 1 saturated carbocycles. The number of rotatable bonds is 9. The Hall–Kier alpha value is -5.90. The van der Waals surface area contributed by atoms with Gasteiger partial charge < -0.3 is 25.3 Å². The molecule has 1 aliphatic carbocycles. The number of fused-ring (bicyclic) bond motifs is 3. The minimum absolute atomic E-state index is 0.140. The van der Waals surface area contributed by atoms with Crippen LogP contribution in [0, 0.1) is 5.92 Å². The molecule has 1 unspecified atom stereocenters. The van der Waals surface area contributed by atoms with Gasteiger partial charge in [-0.1, -0.05) is 6.07 Å². The average Bonchev–Trinajstić information content (AvgIpc) is 3.52. The average molecular weight is 773 g/mol. The van der Waals surface area contributed by atoms with Crippen molar-refractivity contribution in [2.75, 3.05) is 79.4 Å². The van der Waals surface area contributed by atoms with Gasteiger partial charge in [-0.3, -0.25) is 33.7 Å². The Bertz CT molecular complexity index is 2490. The van der Waals surface area contributed by atoms with Crippen molar-refractivity contribution in [2.45, 2.75) is 50.6 Å². The quantitative estimate of drug-likeness (QED) is 0.189. The summed E-state index contributed by atoms with van der Waals surface area (Å²) in [5.41, 5.74) is 8.03. The fourth-order valence-corrected chi connectivity index (χ4v) is 9.40. The van der Waals surface area contributed by atoms with Crippen LogP contribution in [0.5, 0.6) is 0 Å². The van der Waals surface area contributed by atoms with E-state index in [1.807, 2.05) is 25.2 Å². The lowest BCUT2D eigenvalue weighted by Gasteiger charge is -2.37. The number of benzene rings is 2. The highest BCUT2D eigenvalue weighted by molar-refractivity contribution is 6.00. The second-order valence-corrected chi connectivity index (χ2v) is 16.2. The zero-order valence-electron chi connectivity index (χ0n) is 32.4. The molecule has 2 atom stereocenters. The van der Waals surface area contributed by atoms with E-state index in [9.17, 15) is 19.2 Å². The van der Waals surface area contributed by atoms with Crippen LogP contribution in [-0.4, -0.2) is 112 Å². The molecule has 3 amide bonds. The van der Waals surface area contributed by atoms with Gasteiger partial charge in [0.25, 0.3) is 5.91 Å². The molecule has 2 aromatic carbocycles. The number of anilines is 5. The summed E-state index contributed by atoms with van der Waals surface area (Å²) in [7, 11) is 3.61. The summed E-state index contributed by atoms with van der Waals surface area (Å²) in [5, 5.41) is 13.7. The summed E-state index contributed by atoms with van der Waals surface area (Å²) in [4.78, 5) is 65.0. The molecule has 0 spiro atoms. The Morgan fingerprint density at radius 3 is 2.51 bits per heavy atom. The van der Waals surface area contributed by atoms with Crippen molar-refractivity contribution in [3.8, 4) is 0 Å². The van der Waals surface area contributed by atoms with Crippen LogP contribution in [0.3, 0.4) is 0 Å². The molecule has 4 fully saturated rings.